The fourth-order valence-corrected chi connectivity index (χ4v) is 5.64. The summed E-state index contributed by atoms with van der Waals surface area (Å²) in [6.45, 7) is 3.19. The van der Waals surface area contributed by atoms with Crippen molar-refractivity contribution in [3.63, 3.8) is 0 Å². The van der Waals surface area contributed by atoms with Gasteiger partial charge in [-0.1, -0.05) is 18.2 Å². The maximum Gasteiger partial charge on any atom is 0.266 e. The first kappa shape index (κ1) is 25.6. The number of amides is 2. The van der Waals surface area contributed by atoms with Crippen molar-refractivity contribution in [2.75, 3.05) is 33.2 Å². The minimum Gasteiger partial charge on any atom is -0.363 e. The third-order valence-corrected chi connectivity index (χ3v) is 7.88. The molecular weight excluding hydrogens is 474 g/mol. The molecule has 36 heavy (non-hydrogen) atoms. The molecule has 0 spiro atoms. The largest absolute Gasteiger partial charge is 0.363 e. The van der Waals surface area contributed by atoms with E-state index in [0.717, 1.165) is 49.1 Å². The van der Waals surface area contributed by atoms with E-state index in [1.54, 1.807) is 41.4 Å². The van der Waals surface area contributed by atoms with E-state index in [1.807, 2.05) is 12.1 Å². The summed E-state index contributed by atoms with van der Waals surface area (Å²) in [6, 6.07) is 11.1. The number of hydrogen-bond donors (Lipinski definition) is 0. The Morgan fingerprint density at radius 1 is 1.17 bits per heavy atom. The van der Waals surface area contributed by atoms with Crippen LogP contribution >= 0.6 is 11.3 Å². The number of aldehydes is 1. The molecule has 0 radical (unpaired) electrons. The highest BCUT2D eigenvalue weighted by atomic mass is 32.1. The van der Waals surface area contributed by atoms with Gasteiger partial charge in [0.05, 0.1) is 28.5 Å². The number of aliphatic imine (C=N–C) groups is 1. The smallest absolute Gasteiger partial charge is 0.266 e. The number of piperidine rings is 2. The van der Waals surface area contributed by atoms with E-state index >= 15 is 0 Å². The molecule has 9 heteroatoms. The average Bonchev–Trinajstić information content (AvgIpc) is 3.36. The van der Waals surface area contributed by atoms with Crippen molar-refractivity contribution in [1.82, 2.24) is 14.7 Å². The molecule has 0 aliphatic carbocycles. The molecular formula is C27H31N5O3S. The lowest BCUT2D eigenvalue weighted by atomic mass is 9.98. The van der Waals surface area contributed by atoms with Crippen molar-refractivity contribution in [1.29, 1.82) is 5.26 Å². The lowest BCUT2D eigenvalue weighted by Crippen LogP contribution is -2.38. The lowest BCUT2D eigenvalue weighted by Gasteiger charge is -2.29. The summed E-state index contributed by atoms with van der Waals surface area (Å²) in [4.78, 5) is 48.8. The van der Waals surface area contributed by atoms with Crippen molar-refractivity contribution in [3.05, 3.63) is 51.2 Å². The minimum absolute atomic E-state index is 0.00386. The molecule has 3 heterocycles. The SMILES string of the molecule is CN(Cc1ccccc1C#N)C(=O)c1sc(C(=O)N2CCC(C=O)CC2)cc1/N=C/N1CCCCC1. The molecule has 188 valence electrons. The van der Waals surface area contributed by atoms with Crippen molar-refractivity contribution < 1.29 is 14.4 Å². The van der Waals surface area contributed by atoms with Crippen LogP contribution in [-0.4, -0.2) is 72.4 Å². The molecule has 2 aliphatic rings. The van der Waals surface area contributed by atoms with Gasteiger partial charge in [-0.2, -0.15) is 5.26 Å². The summed E-state index contributed by atoms with van der Waals surface area (Å²) in [5, 5.41) is 9.41. The minimum atomic E-state index is -0.239. The van der Waals surface area contributed by atoms with Gasteiger partial charge in [0.2, 0.25) is 0 Å². The second-order valence-corrected chi connectivity index (χ2v) is 10.4. The highest BCUT2D eigenvalue weighted by Crippen LogP contribution is 2.33. The highest BCUT2D eigenvalue weighted by Gasteiger charge is 2.28. The normalized spacial score (nSPS) is 16.7. The van der Waals surface area contributed by atoms with Crippen LogP contribution in [0.2, 0.25) is 0 Å². The number of thiophene rings is 1. The molecule has 2 aromatic rings. The Morgan fingerprint density at radius 3 is 2.58 bits per heavy atom. The van der Waals surface area contributed by atoms with Crippen LogP contribution in [0.15, 0.2) is 35.3 Å². The molecule has 0 saturated carbocycles. The van der Waals surface area contributed by atoms with Crippen LogP contribution in [0.3, 0.4) is 0 Å². The first-order valence-corrected chi connectivity index (χ1v) is 13.2. The number of nitrogens with zero attached hydrogens (tertiary/aromatic N) is 5. The summed E-state index contributed by atoms with van der Waals surface area (Å²) < 4.78 is 0. The standard InChI is InChI=1S/C27H31N5O3S/c1-30(17-22-8-4-3-7-21(22)16-28)27(35)25-23(29-19-31-11-5-2-6-12-31)15-24(36-25)26(34)32-13-9-20(18-33)10-14-32/h3-4,7-8,15,18-20H,2,5-6,9-14,17H2,1H3/b29-19+. The summed E-state index contributed by atoms with van der Waals surface area (Å²) in [5.74, 6) is -0.364. The first-order chi connectivity index (χ1) is 17.5. The second-order valence-electron chi connectivity index (χ2n) is 9.36. The molecule has 8 nitrogen and oxygen atoms in total. The number of carbonyl (C=O) groups excluding carboxylic acids is 3. The van der Waals surface area contributed by atoms with Crippen LogP contribution in [0, 0.1) is 17.2 Å². The van der Waals surface area contributed by atoms with E-state index in [-0.39, 0.29) is 24.3 Å². The molecule has 0 N–H and O–H groups in total. The number of benzene rings is 1. The van der Waals surface area contributed by atoms with E-state index < -0.39 is 0 Å². The van der Waals surface area contributed by atoms with Crippen LogP contribution in [0.25, 0.3) is 0 Å². The topological polar surface area (TPSA) is 97.1 Å². The summed E-state index contributed by atoms with van der Waals surface area (Å²) >= 11 is 1.16. The number of likely N-dealkylation sites (tertiary alicyclic amines) is 2. The second kappa shape index (κ2) is 12.0. The van der Waals surface area contributed by atoms with Crippen molar-refractivity contribution >= 4 is 41.5 Å². The third-order valence-electron chi connectivity index (χ3n) is 6.78. The molecule has 1 aromatic carbocycles. The van der Waals surface area contributed by atoms with Crippen molar-refractivity contribution in [3.8, 4) is 6.07 Å². The molecule has 0 unspecified atom stereocenters. The quantitative estimate of drug-likeness (QED) is 0.321. The first-order valence-electron chi connectivity index (χ1n) is 12.4. The van der Waals surface area contributed by atoms with Crippen LogP contribution in [0.4, 0.5) is 5.69 Å². The molecule has 0 bridgehead atoms. The Bertz CT molecular complexity index is 1170. The van der Waals surface area contributed by atoms with Gasteiger partial charge in [0.15, 0.2) is 0 Å². The summed E-state index contributed by atoms with van der Waals surface area (Å²) in [7, 11) is 1.69. The zero-order valence-corrected chi connectivity index (χ0v) is 21.4. The van der Waals surface area contributed by atoms with Crippen LogP contribution in [0.1, 0.15) is 62.6 Å². The fraction of sp³-hybridized carbons (Fsp3) is 0.444. The molecule has 1 aromatic heterocycles. The van der Waals surface area contributed by atoms with Gasteiger partial charge in [0.1, 0.15) is 11.2 Å². The van der Waals surface area contributed by atoms with Crippen molar-refractivity contribution in [2.24, 2.45) is 10.9 Å². The van der Waals surface area contributed by atoms with Crippen molar-refractivity contribution in [2.45, 2.75) is 38.6 Å². The maximum atomic E-state index is 13.5. The van der Waals surface area contributed by atoms with Gasteiger partial charge < -0.3 is 19.5 Å². The van der Waals surface area contributed by atoms with Crippen LogP contribution < -0.4 is 0 Å². The lowest BCUT2D eigenvalue weighted by molar-refractivity contribution is -0.112. The van der Waals surface area contributed by atoms with Crippen LogP contribution in [0.5, 0.6) is 0 Å². The van der Waals surface area contributed by atoms with E-state index in [9.17, 15) is 19.6 Å². The summed E-state index contributed by atoms with van der Waals surface area (Å²) in [5.41, 5.74) is 1.78. The third kappa shape index (κ3) is 6.00. The van der Waals surface area contributed by atoms with E-state index in [0.29, 0.717) is 46.9 Å². The van der Waals surface area contributed by atoms with E-state index in [1.165, 1.54) is 6.42 Å². The van der Waals surface area contributed by atoms with Gasteiger partial charge >= 0.3 is 0 Å². The zero-order chi connectivity index (χ0) is 25.5. The number of nitriles is 1. The number of carbonyl (C=O) groups is 3. The molecule has 2 fully saturated rings. The van der Waals surface area contributed by atoms with Gasteiger partial charge in [-0.05, 0) is 49.8 Å². The molecule has 0 atom stereocenters. The van der Waals surface area contributed by atoms with E-state index in [2.05, 4.69) is 16.0 Å². The molecule has 4 rings (SSSR count). The molecule has 2 amide bonds. The Balaban J connectivity index is 1.58. The Hall–Kier alpha value is -3.51. The zero-order valence-electron chi connectivity index (χ0n) is 20.6. The van der Waals surface area contributed by atoms with E-state index in [4.69, 9.17) is 0 Å². The monoisotopic (exact) mass is 505 g/mol. The summed E-state index contributed by atoms with van der Waals surface area (Å²) in [6.07, 6.45) is 7.51. The Morgan fingerprint density at radius 2 is 1.89 bits per heavy atom. The molecule has 2 saturated heterocycles. The number of rotatable bonds is 7. The van der Waals surface area contributed by atoms with Crippen LogP contribution in [-0.2, 0) is 11.3 Å². The van der Waals surface area contributed by atoms with Gasteiger partial charge in [-0.25, -0.2) is 4.99 Å². The van der Waals surface area contributed by atoms with Gasteiger partial charge in [-0.15, -0.1) is 11.3 Å². The number of hydrogen-bond acceptors (Lipinski definition) is 6. The maximum absolute atomic E-state index is 13.5. The Kier molecular flexibility index (Phi) is 8.49. The Labute approximate surface area is 215 Å². The predicted octanol–water partition coefficient (Wildman–Crippen LogP) is 4.09. The van der Waals surface area contributed by atoms with Gasteiger partial charge in [0, 0.05) is 45.7 Å². The highest BCUT2D eigenvalue weighted by molar-refractivity contribution is 7.16. The average molecular weight is 506 g/mol. The fourth-order valence-electron chi connectivity index (χ4n) is 4.58. The van der Waals surface area contributed by atoms with Gasteiger partial charge in [-0.3, -0.25) is 9.59 Å². The molecule has 2 aliphatic heterocycles. The predicted molar refractivity (Wildman–Crippen MR) is 140 cm³/mol. The van der Waals surface area contributed by atoms with Gasteiger partial charge in [0.25, 0.3) is 11.8 Å².